The van der Waals surface area contributed by atoms with Gasteiger partial charge in [0.1, 0.15) is 6.54 Å². The first kappa shape index (κ1) is 15.7. The fraction of sp³-hybridized carbons (Fsp3) is 0.667. The number of piperidine rings is 1. The van der Waals surface area contributed by atoms with Gasteiger partial charge in [-0.15, -0.1) is 0 Å². The molecule has 0 spiro atoms. The number of rotatable bonds is 5. The van der Waals surface area contributed by atoms with Crippen molar-refractivity contribution in [2.24, 2.45) is 5.10 Å². The van der Waals surface area contributed by atoms with E-state index in [2.05, 4.69) is 27.4 Å². The number of amides is 1. The zero-order chi connectivity index (χ0) is 15.2. The predicted octanol–water partition coefficient (Wildman–Crippen LogP) is 1.48. The van der Waals surface area contributed by atoms with Crippen LogP contribution in [0.25, 0.3) is 0 Å². The highest BCUT2D eigenvalue weighted by Crippen LogP contribution is 2.07. The Balaban J connectivity index is 1.79. The highest BCUT2D eigenvalue weighted by Gasteiger charge is 2.14. The molecule has 21 heavy (non-hydrogen) atoms. The molecule has 0 aliphatic carbocycles. The zero-order valence-corrected chi connectivity index (χ0v) is 13.2. The Morgan fingerprint density at radius 2 is 2.10 bits per heavy atom. The summed E-state index contributed by atoms with van der Waals surface area (Å²) in [5.41, 5.74) is 5.66. The van der Waals surface area contributed by atoms with E-state index in [1.54, 1.807) is 4.68 Å². The minimum Gasteiger partial charge on any atom is -0.303 e. The molecule has 6 nitrogen and oxygen atoms in total. The van der Waals surface area contributed by atoms with Gasteiger partial charge in [-0.1, -0.05) is 6.92 Å². The Morgan fingerprint density at radius 3 is 2.67 bits per heavy atom. The third-order valence-electron chi connectivity index (χ3n) is 3.71. The molecule has 1 N–H and O–H groups in total. The van der Waals surface area contributed by atoms with Crippen LogP contribution in [-0.2, 0) is 11.3 Å². The van der Waals surface area contributed by atoms with E-state index in [1.165, 1.54) is 6.42 Å². The van der Waals surface area contributed by atoms with E-state index in [0.717, 1.165) is 49.6 Å². The van der Waals surface area contributed by atoms with Crippen molar-refractivity contribution in [1.29, 1.82) is 0 Å². The van der Waals surface area contributed by atoms with Crippen LogP contribution in [-0.4, -0.2) is 45.9 Å². The summed E-state index contributed by atoms with van der Waals surface area (Å²) in [7, 11) is 0. The Morgan fingerprint density at radius 1 is 1.38 bits per heavy atom. The highest BCUT2D eigenvalue weighted by molar-refractivity contribution is 5.87. The fourth-order valence-corrected chi connectivity index (χ4v) is 2.61. The van der Waals surface area contributed by atoms with E-state index in [-0.39, 0.29) is 12.5 Å². The van der Waals surface area contributed by atoms with Crippen LogP contribution in [0.5, 0.6) is 0 Å². The number of likely N-dealkylation sites (tertiary alicyclic amines) is 1. The number of carbonyl (C=O) groups excluding carboxylic acids is 1. The molecule has 0 bridgehead atoms. The van der Waals surface area contributed by atoms with Crippen molar-refractivity contribution in [2.75, 3.05) is 19.6 Å². The Hall–Kier alpha value is -1.69. The van der Waals surface area contributed by atoms with E-state index in [4.69, 9.17) is 0 Å². The second kappa shape index (κ2) is 7.36. The maximum atomic E-state index is 11.9. The van der Waals surface area contributed by atoms with Gasteiger partial charge < -0.3 is 4.90 Å². The number of aryl methyl sites for hydroxylation is 2. The number of carbonyl (C=O) groups is 1. The molecule has 2 rings (SSSR count). The summed E-state index contributed by atoms with van der Waals surface area (Å²) in [6.45, 7) is 9.52. The van der Waals surface area contributed by atoms with Crippen molar-refractivity contribution < 1.29 is 4.79 Å². The molecule has 1 fully saturated rings. The lowest BCUT2D eigenvalue weighted by Crippen LogP contribution is -2.35. The van der Waals surface area contributed by atoms with Gasteiger partial charge in [0, 0.05) is 37.3 Å². The molecule has 116 valence electrons. The lowest BCUT2D eigenvalue weighted by atomic mass is 10.1. The van der Waals surface area contributed by atoms with Crippen LogP contribution >= 0.6 is 0 Å². The first-order chi connectivity index (χ1) is 10.1. The van der Waals surface area contributed by atoms with Crippen LogP contribution in [0, 0.1) is 13.8 Å². The Kier molecular flexibility index (Phi) is 5.50. The molecular formula is C15H25N5O. The van der Waals surface area contributed by atoms with E-state index < -0.39 is 0 Å². The normalized spacial score (nSPS) is 16.0. The van der Waals surface area contributed by atoms with E-state index in [1.807, 2.05) is 19.9 Å². The summed E-state index contributed by atoms with van der Waals surface area (Å²) in [5, 5.41) is 8.54. The third-order valence-corrected chi connectivity index (χ3v) is 3.71. The standard InChI is InChI=1S/C15H25N5O/c1-4-7-19-8-5-14(6-9-19)16-17-15(21)11-20-13(3)10-12(2)18-20/h10H,4-9,11H2,1-3H3,(H,17,21). The molecule has 1 aliphatic heterocycles. The number of hydrogen-bond donors (Lipinski definition) is 1. The van der Waals surface area contributed by atoms with Gasteiger partial charge in [-0.3, -0.25) is 9.48 Å². The van der Waals surface area contributed by atoms with Gasteiger partial charge >= 0.3 is 0 Å². The van der Waals surface area contributed by atoms with E-state index >= 15 is 0 Å². The first-order valence-corrected chi connectivity index (χ1v) is 7.66. The van der Waals surface area contributed by atoms with Crippen molar-refractivity contribution in [2.45, 2.75) is 46.6 Å². The Bertz CT molecular complexity index is 510. The van der Waals surface area contributed by atoms with Crippen LogP contribution in [0.3, 0.4) is 0 Å². The predicted molar refractivity (Wildman–Crippen MR) is 83.2 cm³/mol. The van der Waals surface area contributed by atoms with Gasteiger partial charge in [0.05, 0.1) is 5.69 Å². The number of hydrazone groups is 1. The molecule has 2 heterocycles. The zero-order valence-electron chi connectivity index (χ0n) is 13.2. The molecule has 1 amide bonds. The number of aromatic nitrogens is 2. The second-order valence-electron chi connectivity index (χ2n) is 5.64. The molecule has 1 aromatic rings. The first-order valence-electron chi connectivity index (χ1n) is 7.66. The topological polar surface area (TPSA) is 62.5 Å². The average molecular weight is 291 g/mol. The summed E-state index contributed by atoms with van der Waals surface area (Å²) in [4.78, 5) is 14.3. The molecule has 0 radical (unpaired) electrons. The number of nitrogens with one attached hydrogen (secondary N) is 1. The van der Waals surface area contributed by atoms with Gasteiger partial charge in [-0.05, 0) is 32.9 Å². The van der Waals surface area contributed by atoms with Crippen LogP contribution < -0.4 is 5.43 Å². The molecule has 6 heteroatoms. The fourth-order valence-electron chi connectivity index (χ4n) is 2.61. The monoisotopic (exact) mass is 291 g/mol. The largest absolute Gasteiger partial charge is 0.303 e. The summed E-state index contributed by atoms with van der Waals surface area (Å²) in [6.07, 6.45) is 3.08. The van der Waals surface area contributed by atoms with Gasteiger partial charge in [0.2, 0.25) is 0 Å². The van der Waals surface area contributed by atoms with Crippen LogP contribution in [0.4, 0.5) is 0 Å². The summed E-state index contributed by atoms with van der Waals surface area (Å²) in [6, 6.07) is 1.96. The van der Waals surface area contributed by atoms with Crippen molar-refractivity contribution in [1.82, 2.24) is 20.1 Å². The lowest BCUT2D eigenvalue weighted by molar-refractivity contribution is -0.121. The highest BCUT2D eigenvalue weighted by atomic mass is 16.2. The maximum Gasteiger partial charge on any atom is 0.261 e. The van der Waals surface area contributed by atoms with Crippen molar-refractivity contribution in [3.8, 4) is 0 Å². The molecule has 0 unspecified atom stereocenters. The smallest absolute Gasteiger partial charge is 0.261 e. The Labute approximate surface area is 126 Å². The van der Waals surface area contributed by atoms with Gasteiger partial charge in [0.25, 0.3) is 5.91 Å². The van der Waals surface area contributed by atoms with Crippen LogP contribution in [0.2, 0.25) is 0 Å². The molecule has 1 aliphatic rings. The summed E-state index contributed by atoms with van der Waals surface area (Å²) < 4.78 is 1.70. The molecule has 0 saturated carbocycles. The SMILES string of the molecule is CCCN1CCC(=NNC(=O)Cn2nc(C)cc2C)CC1. The second-order valence-corrected chi connectivity index (χ2v) is 5.64. The summed E-state index contributed by atoms with van der Waals surface area (Å²) >= 11 is 0. The van der Waals surface area contributed by atoms with E-state index in [0.29, 0.717) is 0 Å². The molecule has 1 saturated heterocycles. The van der Waals surface area contributed by atoms with E-state index in [9.17, 15) is 4.79 Å². The molecule has 1 aromatic heterocycles. The number of hydrogen-bond acceptors (Lipinski definition) is 4. The van der Waals surface area contributed by atoms with Crippen molar-refractivity contribution >= 4 is 11.6 Å². The van der Waals surface area contributed by atoms with Gasteiger partial charge in [-0.2, -0.15) is 10.2 Å². The molecular weight excluding hydrogens is 266 g/mol. The summed E-state index contributed by atoms with van der Waals surface area (Å²) in [5.74, 6) is -0.121. The minimum atomic E-state index is -0.121. The number of nitrogens with zero attached hydrogens (tertiary/aromatic N) is 4. The van der Waals surface area contributed by atoms with Crippen molar-refractivity contribution in [3.63, 3.8) is 0 Å². The maximum absolute atomic E-state index is 11.9. The average Bonchev–Trinajstić information content (AvgIpc) is 2.76. The molecule has 0 aromatic carbocycles. The lowest BCUT2D eigenvalue weighted by Gasteiger charge is -2.26. The minimum absolute atomic E-state index is 0.121. The van der Waals surface area contributed by atoms with Crippen molar-refractivity contribution in [3.05, 3.63) is 17.5 Å². The van der Waals surface area contributed by atoms with Crippen LogP contribution in [0.1, 0.15) is 37.6 Å². The van der Waals surface area contributed by atoms with Gasteiger partial charge in [-0.25, -0.2) is 5.43 Å². The molecule has 0 atom stereocenters. The van der Waals surface area contributed by atoms with Crippen LogP contribution in [0.15, 0.2) is 11.2 Å². The quantitative estimate of drug-likeness (QED) is 0.836. The third kappa shape index (κ3) is 4.67. The van der Waals surface area contributed by atoms with Gasteiger partial charge in [0.15, 0.2) is 0 Å².